The van der Waals surface area contributed by atoms with Crippen molar-refractivity contribution >= 4 is 28.6 Å². The molecule has 0 N–H and O–H groups in total. The van der Waals surface area contributed by atoms with Crippen molar-refractivity contribution < 1.29 is 23.3 Å². The molecule has 1 aromatic carbocycles. The Morgan fingerprint density at radius 2 is 1.83 bits per heavy atom. The number of rotatable bonds is 6. The maximum absolute atomic E-state index is 12.3. The summed E-state index contributed by atoms with van der Waals surface area (Å²) < 4.78 is 23.7. The van der Waals surface area contributed by atoms with Crippen molar-refractivity contribution in [2.24, 2.45) is 0 Å². The first-order chi connectivity index (χ1) is 10.7. The lowest BCUT2D eigenvalue weighted by molar-refractivity contribution is -0.140. The molecule has 0 aliphatic rings. The summed E-state index contributed by atoms with van der Waals surface area (Å²) in [5.74, 6) is -0.789. The monoisotopic (exact) mass is 341 g/mol. The maximum Gasteiger partial charge on any atom is 0.340 e. The van der Waals surface area contributed by atoms with E-state index in [0.29, 0.717) is 11.3 Å². The molecule has 0 saturated heterocycles. The second-order valence-electron chi connectivity index (χ2n) is 5.87. The number of hydrogen-bond donors (Lipinski definition) is 0. The molecule has 0 bridgehead atoms. The van der Waals surface area contributed by atoms with E-state index in [1.807, 2.05) is 0 Å². The van der Waals surface area contributed by atoms with Crippen molar-refractivity contribution in [2.75, 3.05) is 24.2 Å². The van der Waals surface area contributed by atoms with E-state index in [4.69, 9.17) is 4.74 Å². The van der Waals surface area contributed by atoms with Crippen molar-refractivity contribution in [3.8, 4) is 0 Å². The first-order valence-electron chi connectivity index (χ1n) is 7.17. The zero-order valence-electron chi connectivity index (χ0n) is 14.1. The van der Waals surface area contributed by atoms with Gasteiger partial charge in [-0.2, -0.15) is 0 Å². The van der Waals surface area contributed by atoms with Gasteiger partial charge in [-0.15, -0.1) is 0 Å². The van der Waals surface area contributed by atoms with Crippen LogP contribution < -0.4 is 4.31 Å². The van der Waals surface area contributed by atoms with E-state index in [-0.39, 0.29) is 12.2 Å². The van der Waals surface area contributed by atoms with Crippen LogP contribution in [0.2, 0.25) is 0 Å². The number of anilines is 1. The Balaban J connectivity index is 2.93. The Bertz CT molecular complexity index is 594. The Labute approximate surface area is 139 Å². The van der Waals surface area contributed by atoms with Crippen molar-refractivity contribution in [1.29, 1.82) is 0 Å². The van der Waals surface area contributed by atoms with Crippen molar-refractivity contribution in [3.63, 3.8) is 0 Å². The van der Waals surface area contributed by atoms with Gasteiger partial charge in [0.1, 0.15) is 16.6 Å². The summed E-state index contributed by atoms with van der Waals surface area (Å²) in [6, 6.07) is 6.78. The third kappa shape index (κ3) is 6.02. The number of benzene rings is 1. The van der Waals surface area contributed by atoms with Crippen molar-refractivity contribution in [3.05, 3.63) is 29.8 Å². The van der Waals surface area contributed by atoms with Crippen molar-refractivity contribution in [1.82, 2.24) is 0 Å². The number of carbonyl (C=O) groups is 2. The lowest BCUT2D eigenvalue weighted by atomic mass is 10.1. The molecule has 1 rings (SSSR count). The van der Waals surface area contributed by atoms with Gasteiger partial charge in [-0.3, -0.25) is 9.10 Å². The summed E-state index contributed by atoms with van der Waals surface area (Å²) in [5.41, 5.74) is 0.202. The summed E-state index contributed by atoms with van der Waals surface area (Å²) >= 11 is 0. The molecule has 1 atom stereocenters. The molecular formula is C16H23NO5S. The van der Waals surface area contributed by atoms with Gasteiger partial charge < -0.3 is 9.47 Å². The van der Waals surface area contributed by atoms with Crippen LogP contribution in [0.1, 0.15) is 37.6 Å². The smallest absolute Gasteiger partial charge is 0.340 e. The number of para-hydroxylation sites is 1. The van der Waals surface area contributed by atoms with E-state index >= 15 is 0 Å². The lowest BCUT2D eigenvalue weighted by Crippen LogP contribution is -2.28. The van der Waals surface area contributed by atoms with Crippen LogP contribution in [0.5, 0.6) is 0 Å². The maximum atomic E-state index is 12.3. The third-order valence-electron chi connectivity index (χ3n) is 2.88. The molecule has 0 amide bonds. The van der Waals surface area contributed by atoms with Gasteiger partial charge in [0, 0.05) is 7.05 Å². The number of hydrogen-bond acceptors (Lipinski definition) is 5. The van der Waals surface area contributed by atoms with Gasteiger partial charge in [0.25, 0.3) is 0 Å². The predicted octanol–water partition coefficient (Wildman–Crippen LogP) is 2.30. The highest BCUT2D eigenvalue weighted by Crippen LogP contribution is 2.23. The van der Waals surface area contributed by atoms with Crippen LogP contribution in [-0.2, 0) is 25.3 Å². The van der Waals surface area contributed by atoms with Gasteiger partial charge in [-0.25, -0.2) is 9.00 Å². The van der Waals surface area contributed by atoms with Crippen LogP contribution in [0.3, 0.4) is 0 Å². The van der Waals surface area contributed by atoms with E-state index in [1.54, 1.807) is 52.1 Å². The van der Waals surface area contributed by atoms with Gasteiger partial charge in [0.2, 0.25) is 0 Å². The molecule has 0 aromatic heterocycles. The predicted molar refractivity (Wildman–Crippen MR) is 89.7 cm³/mol. The second-order valence-corrected chi connectivity index (χ2v) is 7.47. The van der Waals surface area contributed by atoms with E-state index in [2.05, 4.69) is 4.74 Å². The highest BCUT2D eigenvalue weighted by molar-refractivity contribution is 7.86. The largest absolute Gasteiger partial charge is 0.469 e. The molecule has 0 spiro atoms. The fraction of sp³-hybridized carbons (Fsp3) is 0.500. The number of ether oxygens (including phenoxy) is 2. The van der Waals surface area contributed by atoms with Crippen LogP contribution in [-0.4, -0.2) is 41.7 Å². The fourth-order valence-corrected chi connectivity index (χ4v) is 2.77. The number of carbonyl (C=O) groups excluding carboxylic acids is 2. The molecule has 1 unspecified atom stereocenters. The Hall–Kier alpha value is -1.89. The molecule has 1 aromatic rings. The Kier molecular flexibility index (Phi) is 6.75. The zero-order chi connectivity index (χ0) is 17.6. The Morgan fingerprint density at radius 1 is 1.22 bits per heavy atom. The van der Waals surface area contributed by atoms with Crippen LogP contribution in [0, 0.1) is 0 Å². The van der Waals surface area contributed by atoms with Crippen LogP contribution >= 0.6 is 0 Å². The van der Waals surface area contributed by atoms with E-state index in [0.717, 1.165) is 0 Å². The minimum absolute atomic E-state index is 0.0437. The number of esters is 2. The number of methoxy groups -OCH3 is 1. The molecular weight excluding hydrogens is 318 g/mol. The summed E-state index contributed by atoms with van der Waals surface area (Å²) in [6.45, 7) is 5.35. The van der Waals surface area contributed by atoms with E-state index < -0.39 is 28.5 Å². The minimum atomic E-state index is -1.46. The standard InChI is InChI=1S/C16H23NO5S/c1-16(2,3)22-15(19)12-8-6-7-9-13(12)17(4)23(20)11-10-14(18)21-5/h6-9H,10-11H2,1-5H3. The second kappa shape index (κ2) is 8.10. The molecule has 128 valence electrons. The third-order valence-corrected chi connectivity index (χ3v) is 4.24. The van der Waals surface area contributed by atoms with E-state index in [9.17, 15) is 13.8 Å². The quantitative estimate of drug-likeness (QED) is 0.742. The molecule has 6 nitrogen and oxygen atoms in total. The fourth-order valence-electron chi connectivity index (χ4n) is 1.77. The van der Waals surface area contributed by atoms with Gasteiger partial charge >= 0.3 is 11.9 Å². The minimum Gasteiger partial charge on any atom is -0.469 e. The first-order valence-corrected chi connectivity index (χ1v) is 8.44. The molecule has 0 aliphatic carbocycles. The molecule has 0 fully saturated rings. The average Bonchev–Trinajstić information content (AvgIpc) is 2.49. The highest BCUT2D eigenvalue weighted by atomic mass is 32.2. The van der Waals surface area contributed by atoms with Crippen LogP contribution in [0.15, 0.2) is 24.3 Å². The first kappa shape index (κ1) is 19.2. The molecule has 0 saturated carbocycles. The summed E-state index contributed by atoms with van der Waals surface area (Å²) in [7, 11) is 1.43. The summed E-state index contributed by atoms with van der Waals surface area (Å²) in [5, 5.41) is 0. The van der Waals surface area contributed by atoms with E-state index in [1.165, 1.54) is 11.4 Å². The molecule has 7 heteroatoms. The SMILES string of the molecule is COC(=O)CCS(=O)N(C)c1ccccc1C(=O)OC(C)(C)C. The molecule has 23 heavy (non-hydrogen) atoms. The highest BCUT2D eigenvalue weighted by Gasteiger charge is 2.23. The van der Waals surface area contributed by atoms with Crippen molar-refractivity contribution in [2.45, 2.75) is 32.8 Å². The topological polar surface area (TPSA) is 72.9 Å². The lowest BCUT2D eigenvalue weighted by Gasteiger charge is -2.23. The molecule has 0 radical (unpaired) electrons. The molecule has 0 aliphatic heterocycles. The molecule has 0 heterocycles. The number of nitrogens with zero attached hydrogens (tertiary/aromatic N) is 1. The summed E-state index contributed by atoms with van der Waals surface area (Å²) in [4.78, 5) is 23.5. The Morgan fingerprint density at radius 3 is 2.39 bits per heavy atom. The zero-order valence-corrected chi connectivity index (χ0v) is 14.9. The van der Waals surface area contributed by atoms with Crippen LogP contribution in [0.25, 0.3) is 0 Å². The van der Waals surface area contributed by atoms with Gasteiger partial charge in [0.15, 0.2) is 0 Å². The van der Waals surface area contributed by atoms with Gasteiger partial charge in [0.05, 0.1) is 30.5 Å². The normalized spacial score (nSPS) is 12.4. The average molecular weight is 341 g/mol. The van der Waals surface area contributed by atoms with Gasteiger partial charge in [-0.05, 0) is 32.9 Å². The summed E-state index contributed by atoms with van der Waals surface area (Å²) in [6.07, 6.45) is 0.0437. The van der Waals surface area contributed by atoms with Crippen LogP contribution in [0.4, 0.5) is 5.69 Å². The van der Waals surface area contributed by atoms with Gasteiger partial charge in [-0.1, -0.05) is 12.1 Å².